The van der Waals surface area contributed by atoms with Crippen LogP contribution in [0.25, 0.3) is 0 Å². The predicted molar refractivity (Wildman–Crippen MR) is 53.7 cm³/mol. The van der Waals surface area contributed by atoms with Gasteiger partial charge in [0.2, 0.25) is 0 Å². The highest BCUT2D eigenvalue weighted by molar-refractivity contribution is 4.91. The molecule has 1 aliphatic heterocycles. The minimum atomic E-state index is 0.211. The van der Waals surface area contributed by atoms with Gasteiger partial charge < -0.3 is 9.47 Å². The van der Waals surface area contributed by atoms with Crippen molar-refractivity contribution in [2.75, 3.05) is 7.11 Å². The van der Waals surface area contributed by atoms with Crippen molar-refractivity contribution in [2.24, 2.45) is 5.92 Å². The first-order valence-electron chi connectivity index (χ1n) is 5.03. The molecule has 0 amide bonds. The highest BCUT2D eigenvalue weighted by Gasteiger charge is 2.40. The lowest BCUT2D eigenvalue weighted by molar-refractivity contribution is -0.00403. The van der Waals surface area contributed by atoms with E-state index < -0.39 is 0 Å². The second-order valence-corrected chi connectivity index (χ2v) is 3.71. The molecule has 76 valence electrons. The Balaban J connectivity index is 2.60. The zero-order valence-corrected chi connectivity index (χ0v) is 8.82. The van der Waals surface area contributed by atoms with Gasteiger partial charge in [-0.15, -0.1) is 6.58 Å². The van der Waals surface area contributed by atoms with E-state index in [1.807, 2.05) is 6.08 Å². The molecule has 0 radical (unpaired) electrons. The van der Waals surface area contributed by atoms with Crippen LogP contribution in [-0.2, 0) is 9.47 Å². The summed E-state index contributed by atoms with van der Waals surface area (Å²) in [6, 6.07) is 0. The third-order valence-electron chi connectivity index (χ3n) is 2.89. The Morgan fingerprint density at radius 3 is 2.62 bits per heavy atom. The lowest BCUT2D eigenvalue weighted by atomic mass is 9.96. The first-order valence-corrected chi connectivity index (χ1v) is 5.03. The molecule has 1 rings (SSSR count). The lowest BCUT2D eigenvalue weighted by Gasteiger charge is -2.18. The van der Waals surface area contributed by atoms with E-state index >= 15 is 0 Å². The van der Waals surface area contributed by atoms with Gasteiger partial charge in [0.1, 0.15) is 0 Å². The Bertz CT molecular complexity index is 167. The molecule has 0 aromatic heterocycles. The molecule has 1 heterocycles. The van der Waals surface area contributed by atoms with Gasteiger partial charge >= 0.3 is 0 Å². The Morgan fingerprint density at radius 1 is 1.46 bits per heavy atom. The van der Waals surface area contributed by atoms with Crippen LogP contribution in [0.3, 0.4) is 0 Å². The minimum Gasteiger partial charge on any atom is -0.378 e. The summed E-state index contributed by atoms with van der Waals surface area (Å²) in [7, 11) is 1.76. The topological polar surface area (TPSA) is 18.5 Å². The number of ether oxygens (including phenoxy) is 2. The minimum absolute atomic E-state index is 0.211. The number of hydrogen-bond acceptors (Lipinski definition) is 2. The van der Waals surface area contributed by atoms with E-state index in [4.69, 9.17) is 9.47 Å². The van der Waals surface area contributed by atoms with E-state index in [9.17, 15) is 0 Å². The monoisotopic (exact) mass is 184 g/mol. The van der Waals surface area contributed by atoms with Crippen LogP contribution in [0.2, 0.25) is 0 Å². The van der Waals surface area contributed by atoms with Crippen LogP contribution in [-0.4, -0.2) is 25.4 Å². The van der Waals surface area contributed by atoms with Crippen LogP contribution in [0.1, 0.15) is 26.7 Å². The summed E-state index contributed by atoms with van der Waals surface area (Å²) in [6.45, 7) is 8.09. The average molecular weight is 184 g/mol. The number of hydrogen-bond donors (Lipinski definition) is 0. The van der Waals surface area contributed by atoms with Crippen molar-refractivity contribution in [2.45, 2.75) is 45.0 Å². The second-order valence-electron chi connectivity index (χ2n) is 3.71. The van der Waals surface area contributed by atoms with E-state index in [-0.39, 0.29) is 12.2 Å². The fraction of sp³-hybridized carbons (Fsp3) is 0.818. The number of rotatable bonds is 4. The maximum atomic E-state index is 5.87. The fourth-order valence-electron chi connectivity index (χ4n) is 2.16. The second kappa shape index (κ2) is 4.77. The van der Waals surface area contributed by atoms with E-state index in [2.05, 4.69) is 20.4 Å². The Hall–Kier alpha value is -0.340. The molecule has 0 aromatic rings. The van der Waals surface area contributed by atoms with Gasteiger partial charge in [0.05, 0.1) is 18.3 Å². The molecule has 4 atom stereocenters. The van der Waals surface area contributed by atoms with Gasteiger partial charge in [-0.3, -0.25) is 0 Å². The first-order chi connectivity index (χ1) is 6.24. The van der Waals surface area contributed by atoms with Crippen molar-refractivity contribution in [3.63, 3.8) is 0 Å². The Kier molecular flexibility index (Phi) is 3.94. The fourth-order valence-corrected chi connectivity index (χ4v) is 2.16. The largest absolute Gasteiger partial charge is 0.378 e. The van der Waals surface area contributed by atoms with Crippen LogP contribution >= 0.6 is 0 Å². The van der Waals surface area contributed by atoms with E-state index in [0.717, 1.165) is 12.8 Å². The zero-order chi connectivity index (χ0) is 9.84. The summed E-state index contributed by atoms with van der Waals surface area (Å²) in [5, 5.41) is 0. The van der Waals surface area contributed by atoms with Gasteiger partial charge in [-0.05, 0) is 12.8 Å². The maximum Gasteiger partial charge on any atom is 0.0886 e. The molecule has 0 saturated carbocycles. The molecule has 1 fully saturated rings. The molecule has 0 N–H and O–H groups in total. The summed E-state index contributed by atoms with van der Waals surface area (Å²) in [6.07, 6.45) is 4.66. The number of methoxy groups -OCH3 is 1. The van der Waals surface area contributed by atoms with Gasteiger partial charge in [0.25, 0.3) is 0 Å². The highest BCUT2D eigenvalue weighted by atomic mass is 16.6. The van der Waals surface area contributed by atoms with Crippen molar-refractivity contribution in [3.8, 4) is 0 Å². The van der Waals surface area contributed by atoms with Crippen molar-refractivity contribution < 1.29 is 9.47 Å². The van der Waals surface area contributed by atoms with Crippen molar-refractivity contribution >= 4 is 0 Å². The normalized spacial score (nSPS) is 39.3. The summed E-state index contributed by atoms with van der Waals surface area (Å²) in [4.78, 5) is 0. The van der Waals surface area contributed by atoms with E-state index in [0.29, 0.717) is 12.0 Å². The molecule has 0 aromatic carbocycles. The average Bonchev–Trinajstić information content (AvgIpc) is 2.43. The Morgan fingerprint density at radius 2 is 2.15 bits per heavy atom. The van der Waals surface area contributed by atoms with Gasteiger partial charge in [0.15, 0.2) is 0 Å². The molecule has 2 nitrogen and oxygen atoms in total. The molecule has 13 heavy (non-hydrogen) atoms. The molecule has 1 aliphatic rings. The molecule has 0 bridgehead atoms. The molecule has 1 saturated heterocycles. The molecular weight excluding hydrogens is 164 g/mol. The quantitative estimate of drug-likeness (QED) is 0.625. The van der Waals surface area contributed by atoms with Gasteiger partial charge in [-0.2, -0.15) is 0 Å². The maximum absolute atomic E-state index is 5.87. The van der Waals surface area contributed by atoms with Gasteiger partial charge in [0, 0.05) is 13.0 Å². The van der Waals surface area contributed by atoms with Gasteiger partial charge in [-0.25, -0.2) is 0 Å². The molecule has 4 unspecified atom stereocenters. The van der Waals surface area contributed by atoms with Crippen LogP contribution in [0.4, 0.5) is 0 Å². The van der Waals surface area contributed by atoms with Crippen molar-refractivity contribution in [1.29, 1.82) is 0 Å². The third-order valence-corrected chi connectivity index (χ3v) is 2.89. The van der Waals surface area contributed by atoms with Crippen molar-refractivity contribution in [1.82, 2.24) is 0 Å². The standard InChI is InChI=1S/C11H20O2/c1-5-7-10-11(12-4)8(3)9(6-2)13-10/h5,8-11H,1,6-7H2,2-4H3. The van der Waals surface area contributed by atoms with Crippen LogP contribution in [0.15, 0.2) is 12.7 Å². The van der Waals surface area contributed by atoms with Crippen LogP contribution < -0.4 is 0 Å². The third kappa shape index (κ3) is 2.12. The first kappa shape index (κ1) is 10.7. The van der Waals surface area contributed by atoms with Crippen LogP contribution in [0.5, 0.6) is 0 Å². The summed E-state index contributed by atoms with van der Waals surface area (Å²) in [5.74, 6) is 0.500. The summed E-state index contributed by atoms with van der Waals surface area (Å²) >= 11 is 0. The highest BCUT2D eigenvalue weighted by Crippen LogP contribution is 2.32. The van der Waals surface area contributed by atoms with Gasteiger partial charge in [-0.1, -0.05) is 19.9 Å². The van der Waals surface area contributed by atoms with E-state index in [1.54, 1.807) is 7.11 Å². The Labute approximate surface area is 80.9 Å². The summed E-state index contributed by atoms with van der Waals surface area (Å²) < 4.78 is 11.3. The molecule has 0 spiro atoms. The van der Waals surface area contributed by atoms with Crippen molar-refractivity contribution in [3.05, 3.63) is 12.7 Å². The predicted octanol–water partition coefficient (Wildman–Crippen LogP) is 2.39. The summed E-state index contributed by atoms with van der Waals surface area (Å²) in [5.41, 5.74) is 0. The van der Waals surface area contributed by atoms with E-state index in [1.165, 1.54) is 0 Å². The smallest absolute Gasteiger partial charge is 0.0886 e. The van der Waals surface area contributed by atoms with Crippen LogP contribution in [0, 0.1) is 5.92 Å². The zero-order valence-electron chi connectivity index (χ0n) is 8.82. The SMILES string of the molecule is C=CCC1OC(CC)C(C)C1OC. The molecular formula is C11H20O2. The molecule has 0 aliphatic carbocycles. The molecule has 2 heteroatoms. The lowest BCUT2D eigenvalue weighted by Crippen LogP contribution is -2.27.